The lowest BCUT2D eigenvalue weighted by Gasteiger charge is -2.18. The molecule has 29 heavy (non-hydrogen) atoms. The minimum absolute atomic E-state index is 0.391. The van der Waals surface area contributed by atoms with Crippen LogP contribution < -0.4 is 9.64 Å². The van der Waals surface area contributed by atoms with Crippen LogP contribution in [0.3, 0.4) is 0 Å². The highest BCUT2D eigenvalue weighted by Gasteiger charge is 2.19. The molecule has 0 spiro atoms. The average molecular weight is 410 g/mol. The molecule has 1 N–H and O–H groups in total. The van der Waals surface area contributed by atoms with Crippen LogP contribution in [0.5, 0.6) is 5.75 Å². The van der Waals surface area contributed by atoms with Gasteiger partial charge in [0.15, 0.2) is 6.10 Å². The Bertz CT molecular complexity index is 953. The maximum atomic E-state index is 11.7. The van der Waals surface area contributed by atoms with E-state index in [4.69, 9.17) is 16.3 Å². The number of aryl methyl sites for hydroxylation is 1. The molecule has 0 heterocycles. The van der Waals surface area contributed by atoms with Crippen LogP contribution in [-0.4, -0.2) is 31.3 Å². The third kappa shape index (κ3) is 5.75. The van der Waals surface area contributed by atoms with Crippen LogP contribution in [-0.2, 0) is 11.2 Å². The zero-order valence-corrected chi connectivity index (χ0v) is 17.3. The van der Waals surface area contributed by atoms with Gasteiger partial charge >= 0.3 is 5.97 Å². The van der Waals surface area contributed by atoms with Gasteiger partial charge in [-0.3, -0.25) is 0 Å². The number of carbonyl (C=O) groups is 1. The number of hydrogen-bond acceptors (Lipinski definition) is 3. The van der Waals surface area contributed by atoms with Crippen molar-refractivity contribution in [1.82, 2.24) is 0 Å². The summed E-state index contributed by atoms with van der Waals surface area (Å²) in [7, 11) is 3.86. The summed E-state index contributed by atoms with van der Waals surface area (Å²) in [5.41, 5.74) is 4.22. The minimum Gasteiger partial charge on any atom is -0.479 e. The second-order valence-electron chi connectivity index (χ2n) is 7.08. The summed E-state index contributed by atoms with van der Waals surface area (Å²) in [4.78, 5) is 13.6. The fourth-order valence-electron chi connectivity index (χ4n) is 3.04. The molecule has 0 aliphatic carbocycles. The Kier molecular flexibility index (Phi) is 6.78. The zero-order chi connectivity index (χ0) is 20.8. The first-order chi connectivity index (χ1) is 13.9. The third-order valence-corrected chi connectivity index (χ3v) is 4.97. The van der Waals surface area contributed by atoms with Gasteiger partial charge in [0.2, 0.25) is 0 Å². The highest BCUT2D eigenvalue weighted by Crippen LogP contribution is 2.24. The molecular weight excluding hydrogens is 386 g/mol. The van der Waals surface area contributed by atoms with Gasteiger partial charge in [-0.2, -0.15) is 0 Å². The predicted molar refractivity (Wildman–Crippen MR) is 118 cm³/mol. The van der Waals surface area contributed by atoms with Gasteiger partial charge in [0, 0.05) is 30.9 Å². The normalized spacial score (nSPS) is 11.7. The molecule has 150 valence electrons. The summed E-state index contributed by atoms with van der Waals surface area (Å²) < 4.78 is 5.75. The molecular formula is C24H24ClNO3. The molecule has 0 aliphatic rings. The average Bonchev–Trinajstić information content (AvgIpc) is 2.72. The Morgan fingerprint density at radius 1 is 1.00 bits per heavy atom. The molecule has 0 saturated carbocycles. The molecule has 0 aromatic heterocycles. The summed E-state index contributed by atoms with van der Waals surface area (Å²) in [5, 5.41) is 10.3. The lowest BCUT2D eigenvalue weighted by atomic mass is 10.0. The van der Waals surface area contributed by atoms with E-state index >= 15 is 0 Å². The fourth-order valence-corrected chi connectivity index (χ4v) is 3.16. The van der Waals surface area contributed by atoms with E-state index in [1.807, 2.05) is 85.7 Å². The minimum atomic E-state index is -0.960. The fraction of sp³-hybridized carbons (Fsp3) is 0.208. The Labute approximate surface area is 176 Å². The number of benzene rings is 3. The Hall–Kier alpha value is -2.98. The number of anilines is 1. The van der Waals surface area contributed by atoms with Gasteiger partial charge in [0.1, 0.15) is 5.75 Å². The highest BCUT2D eigenvalue weighted by molar-refractivity contribution is 6.30. The van der Waals surface area contributed by atoms with Crippen molar-refractivity contribution in [2.45, 2.75) is 18.9 Å². The second-order valence-corrected chi connectivity index (χ2v) is 7.52. The summed E-state index contributed by atoms with van der Waals surface area (Å²) in [6, 6.07) is 23.2. The molecule has 0 saturated heterocycles. The summed E-state index contributed by atoms with van der Waals surface area (Å²) in [6.07, 6.45) is 0.107. The van der Waals surface area contributed by atoms with Crippen molar-refractivity contribution in [3.05, 3.63) is 83.4 Å². The van der Waals surface area contributed by atoms with Crippen molar-refractivity contribution in [3.8, 4) is 16.9 Å². The summed E-state index contributed by atoms with van der Waals surface area (Å²) in [5.74, 6) is -0.403. The molecule has 4 nitrogen and oxygen atoms in total. The van der Waals surface area contributed by atoms with Gasteiger partial charge in [-0.1, -0.05) is 54.1 Å². The van der Waals surface area contributed by atoms with E-state index in [2.05, 4.69) is 0 Å². The third-order valence-electron chi connectivity index (χ3n) is 4.71. The van der Waals surface area contributed by atoms with E-state index in [0.29, 0.717) is 23.6 Å². The van der Waals surface area contributed by atoms with Crippen molar-refractivity contribution in [2.75, 3.05) is 19.0 Å². The molecule has 1 unspecified atom stereocenters. The molecule has 0 aliphatic heterocycles. The van der Waals surface area contributed by atoms with E-state index < -0.39 is 12.1 Å². The van der Waals surface area contributed by atoms with Gasteiger partial charge in [0.25, 0.3) is 0 Å². The molecule has 3 rings (SSSR count). The number of nitrogens with zero attached hydrogens (tertiary/aromatic N) is 1. The van der Waals surface area contributed by atoms with Crippen LogP contribution in [0.1, 0.15) is 12.0 Å². The summed E-state index contributed by atoms with van der Waals surface area (Å²) in [6.45, 7) is 0. The topological polar surface area (TPSA) is 49.8 Å². The first kappa shape index (κ1) is 20.7. The van der Waals surface area contributed by atoms with Gasteiger partial charge < -0.3 is 14.7 Å². The number of hydrogen-bond donors (Lipinski definition) is 1. The molecule has 0 bridgehead atoms. The maximum Gasteiger partial charge on any atom is 0.344 e. The Morgan fingerprint density at radius 2 is 1.62 bits per heavy atom. The number of ether oxygens (including phenoxy) is 1. The molecule has 0 fully saturated rings. The van der Waals surface area contributed by atoms with E-state index in [1.165, 1.54) is 0 Å². The molecule has 0 amide bonds. The smallest absolute Gasteiger partial charge is 0.344 e. The molecule has 0 radical (unpaired) electrons. The van der Waals surface area contributed by atoms with E-state index in [1.54, 1.807) is 6.07 Å². The summed E-state index contributed by atoms with van der Waals surface area (Å²) >= 11 is 5.94. The monoisotopic (exact) mass is 409 g/mol. The van der Waals surface area contributed by atoms with Crippen LogP contribution in [0.15, 0.2) is 72.8 Å². The lowest BCUT2D eigenvalue weighted by molar-refractivity contribution is -0.145. The van der Waals surface area contributed by atoms with Crippen LogP contribution in [0.25, 0.3) is 11.1 Å². The van der Waals surface area contributed by atoms with Gasteiger partial charge in [-0.15, -0.1) is 0 Å². The van der Waals surface area contributed by atoms with E-state index in [0.717, 1.165) is 22.4 Å². The van der Waals surface area contributed by atoms with Crippen LogP contribution in [0.2, 0.25) is 5.02 Å². The van der Waals surface area contributed by atoms with Gasteiger partial charge in [0.05, 0.1) is 0 Å². The number of carboxylic acid groups (broad SMARTS) is 1. The first-order valence-electron chi connectivity index (χ1n) is 9.44. The zero-order valence-electron chi connectivity index (χ0n) is 16.5. The Morgan fingerprint density at radius 3 is 2.21 bits per heavy atom. The quantitative estimate of drug-likeness (QED) is 0.530. The first-order valence-corrected chi connectivity index (χ1v) is 9.82. The SMILES string of the molecule is CN(C)c1cccc(OC(CCc2ccc(-c3ccc(Cl)cc3)cc2)C(=O)O)c1. The standard InChI is InChI=1S/C24H24ClNO3/c1-26(2)21-4-3-5-22(16-21)29-23(24(27)28)15-8-17-6-9-18(10-7-17)19-11-13-20(25)14-12-19/h3-7,9-14,16,23H,8,15H2,1-2H3,(H,27,28). The van der Waals surface area contributed by atoms with Crippen LogP contribution in [0, 0.1) is 0 Å². The van der Waals surface area contributed by atoms with Crippen molar-refractivity contribution in [2.24, 2.45) is 0 Å². The van der Waals surface area contributed by atoms with Crippen molar-refractivity contribution in [1.29, 1.82) is 0 Å². The predicted octanol–water partition coefficient (Wildman–Crippen LogP) is 5.54. The largest absolute Gasteiger partial charge is 0.479 e. The maximum absolute atomic E-state index is 11.7. The number of aliphatic carboxylic acids is 1. The number of carboxylic acids is 1. The molecule has 3 aromatic rings. The number of halogens is 1. The highest BCUT2D eigenvalue weighted by atomic mass is 35.5. The van der Waals surface area contributed by atoms with Crippen molar-refractivity contribution in [3.63, 3.8) is 0 Å². The second kappa shape index (κ2) is 9.48. The lowest BCUT2D eigenvalue weighted by Crippen LogP contribution is -2.27. The molecule has 5 heteroatoms. The Balaban J connectivity index is 1.64. The van der Waals surface area contributed by atoms with Crippen LogP contribution in [0.4, 0.5) is 5.69 Å². The van der Waals surface area contributed by atoms with Gasteiger partial charge in [-0.25, -0.2) is 4.79 Å². The van der Waals surface area contributed by atoms with Gasteiger partial charge in [-0.05, 0) is 53.8 Å². The number of rotatable bonds is 8. The molecule has 3 aromatic carbocycles. The van der Waals surface area contributed by atoms with Crippen molar-refractivity contribution < 1.29 is 14.6 Å². The van der Waals surface area contributed by atoms with Crippen molar-refractivity contribution >= 4 is 23.3 Å². The molecule has 1 atom stereocenters. The van der Waals surface area contributed by atoms with Crippen LogP contribution >= 0.6 is 11.6 Å². The van der Waals surface area contributed by atoms with E-state index in [-0.39, 0.29) is 0 Å². The van der Waals surface area contributed by atoms with E-state index in [9.17, 15) is 9.90 Å².